The summed E-state index contributed by atoms with van der Waals surface area (Å²) in [5.74, 6) is -0.151. The summed E-state index contributed by atoms with van der Waals surface area (Å²) in [5, 5.41) is 3.72. The lowest BCUT2D eigenvalue weighted by Gasteiger charge is -2.35. The van der Waals surface area contributed by atoms with Crippen LogP contribution in [0, 0.1) is 0 Å². The minimum Gasteiger partial charge on any atom is -0.372 e. The summed E-state index contributed by atoms with van der Waals surface area (Å²) in [4.78, 5) is 29.3. The Hall–Kier alpha value is -2.18. The van der Waals surface area contributed by atoms with E-state index in [0.29, 0.717) is 29.2 Å². The number of amides is 2. The predicted octanol–water partition coefficient (Wildman–Crippen LogP) is 4.13. The van der Waals surface area contributed by atoms with E-state index in [1.807, 2.05) is 36.9 Å². The monoisotopic (exact) mass is 398 g/mol. The highest BCUT2D eigenvalue weighted by atomic mass is 32.1. The van der Waals surface area contributed by atoms with Gasteiger partial charge in [0.1, 0.15) is 5.00 Å². The van der Waals surface area contributed by atoms with Crippen LogP contribution in [-0.4, -0.2) is 42.0 Å². The van der Waals surface area contributed by atoms with Gasteiger partial charge in [-0.3, -0.25) is 9.59 Å². The molecule has 0 unspecified atom stereocenters. The molecular weight excluding hydrogens is 372 g/mol. The Bertz CT molecular complexity index is 867. The van der Waals surface area contributed by atoms with Gasteiger partial charge in [0.2, 0.25) is 0 Å². The van der Waals surface area contributed by atoms with Gasteiger partial charge in [-0.05, 0) is 57.2 Å². The lowest BCUT2D eigenvalue weighted by molar-refractivity contribution is -0.0586. The molecule has 0 bridgehead atoms. The first-order chi connectivity index (χ1) is 13.5. The molecule has 1 fully saturated rings. The van der Waals surface area contributed by atoms with E-state index in [9.17, 15) is 9.59 Å². The average Bonchev–Trinajstić information content (AvgIpc) is 3.05. The van der Waals surface area contributed by atoms with Crippen LogP contribution in [-0.2, 0) is 17.6 Å². The van der Waals surface area contributed by atoms with Crippen LogP contribution in [0.1, 0.15) is 57.8 Å². The summed E-state index contributed by atoms with van der Waals surface area (Å²) in [6, 6.07) is 9.15. The minimum absolute atomic E-state index is 0.0181. The molecular formula is C22H26N2O3S. The van der Waals surface area contributed by atoms with Crippen molar-refractivity contribution in [3.63, 3.8) is 0 Å². The highest BCUT2D eigenvalue weighted by Crippen LogP contribution is 2.39. The average molecular weight is 399 g/mol. The number of nitrogens with zero attached hydrogens (tertiary/aromatic N) is 1. The van der Waals surface area contributed by atoms with E-state index in [-0.39, 0.29) is 24.0 Å². The second-order valence-electron chi connectivity index (χ2n) is 7.70. The first-order valence-corrected chi connectivity index (χ1v) is 10.8. The Labute approximate surface area is 169 Å². The van der Waals surface area contributed by atoms with Crippen LogP contribution in [0.5, 0.6) is 0 Å². The second kappa shape index (κ2) is 8.05. The van der Waals surface area contributed by atoms with Gasteiger partial charge < -0.3 is 15.0 Å². The van der Waals surface area contributed by atoms with Gasteiger partial charge in [-0.25, -0.2) is 0 Å². The number of rotatable bonds is 3. The molecule has 0 radical (unpaired) electrons. The predicted molar refractivity (Wildman–Crippen MR) is 111 cm³/mol. The van der Waals surface area contributed by atoms with Crippen LogP contribution in [0.4, 0.5) is 5.00 Å². The summed E-state index contributed by atoms with van der Waals surface area (Å²) in [7, 11) is 0. The summed E-state index contributed by atoms with van der Waals surface area (Å²) in [6.07, 6.45) is 4.15. The third-order valence-corrected chi connectivity index (χ3v) is 6.56. The van der Waals surface area contributed by atoms with Crippen LogP contribution in [0.2, 0.25) is 0 Å². The van der Waals surface area contributed by atoms with E-state index < -0.39 is 0 Å². The zero-order valence-corrected chi connectivity index (χ0v) is 17.2. The van der Waals surface area contributed by atoms with Crippen molar-refractivity contribution in [2.24, 2.45) is 0 Å². The van der Waals surface area contributed by atoms with Crippen LogP contribution >= 0.6 is 11.3 Å². The molecule has 1 N–H and O–H groups in total. The lowest BCUT2D eigenvalue weighted by atomic mass is 9.94. The highest BCUT2D eigenvalue weighted by Gasteiger charge is 2.32. The van der Waals surface area contributed by atoms with Crippen molar-refractivity contribution in [3.05, 3.63) is 51.9 Å². The lowest BCUT2D eigenvalue weighted by Crippen LogP contribution is -2.48. The summed E-state index contributed by atoms with van der Waals surface area (Å²) in [6.45, 7) is 5.16. The quantitative estimate of drug-likeness (QED) is 0.846. The number of hydrogen-bond donors (Lipinski definition) is 1. The molecule has 1 aliphatic carbocycles. The molecule has 2 atom stereocenters. The van der Waals surface area contributed by atoms with Gasteiger partial charge in [-0.1, -0.05) is 18.2 Å². The van der Waals surface area contributed by atoms with Crippen molar-refractivity contribution in [1.29, 1.82) is 0 Å². The zero-order valence-electron chi connectivity index (χ0n) is 16.4. The normalized spacial score (nSPS) is 21.9. The van der Waals surface area contributed by atoms with E-state index in [0.717, 1.165) is 31.2 Å². The largest absolute Gasteiger partial charge is 0.372 e. The summed E-state index contributed by atoms with van der Waals surface area (Å²) < 4.78 is 5.79. The number of fused-ring (bicyclic) bond motifs is 1. The van der Waals surface area contributed by atoms with Crippen molar-refractivity contribution >= 4 is 28.2 Å². The molecule has 1 saturated heterocycles. The van der Waals surface area contributed by atoms with Gasteiger partial charge in [0.05, 0.1) is 17.8 Å². The molecule has 5 nitrogen and oxygen atoms in total. The molecule has 2 aliphatic rings. The number of carbonyl (C=O) groups excluding carboxylic acids is 2. The molecule has 1 aliphatic heterocycles. The third-order valence-electron chi connectivity index (χ3n) is 5.36. The number of thiophene rings is 1. The number of aryl methyl sites for hydroxylation is 1. The number of morpholine rings is 1. The Morgan fingerprint density at radius 2 is 1.75 bits per heavy atom. The van der Waals surface area contributed by atoms with Gasteiger partial charge in [0.15, 0.2) is 0 Å². The van der Waals surface area contributed by atoms with Crippen LogP contribution < -0.4 is 5.32 Å². The molecule has 6 heteroatoms. The second-order valence-corrected chi connectivity index (χ2v) is 8.81. The first kappa shape index (κ1) is 19.2. The summed E-state index contributed by atoms with van der Waals surface area (Å²) >= 11 is 1.57. The van der Waals surface area contributed by atoms with Crippen LogP contribution in [0.15, 0.2) is 30.3 Å². The minimum atomic E-state index is -0.169. The smallest absolute Gasteiger partial charge is 0.257 e. The SMILES string of the molecule is C[C@H]1CN(C(=O)c2c(NC(=O)c3ccccc3)sc3c2CCCC3)C[C@H](C)O1. The van der Waals surface area contributed by atoms with Crippen molar-refractivity contribution in [1.82, 2.24) is 4.90 Å². The maximum atomic E-state index is 13.5. The number of anilines is 1. The van der Waals surface area contributed by atoms with Gasteiger partial charge >= 0.3 is 0 Å². The highest BCUT2D eigenvalue weighted by molar-refractivity contribution is 7.17. The van der Waals surface area contributed by atoms with Crippen molar-refractivity contribution < 1.29 is 14.3 Å². The number of benzene rings is 1. The molecule has 2 heterocycles. The molecule has 1 aromatic carbocycles. The Balaban J connectivity index is 1.66. The van der Waals surface area contributed by atoms with Crippen LogP contribution in [0.3, 0.4) is 0 Å². The number of carbonyl (C=O) groups is 2. The van der Waals surface area contributed by atoms with E-state index in [1.165, 1.54) is 4.88 Å². The fourth-order valence-corrected chi connectivity index (χ4v) is 5.42. The standard InChI is InChI=1S/C22H26N2O3S/c1-14-12-24(13-15(2)27-14)22(26)19-17-10-6-7-11-18(17)28-21(19)23-20(25)16-8-4-3-5-9-16/h3-5,8-9,14-15H,6-7,10-13H2,1-2H3,(H,23,25)/t14-,15-/m0/s1. The molecule has 2 aromatic rings. The molecule has 2 amide bonds. The Kier molecular flexibility index (Phi) is 5.51. The first-order valence-electron chi connectivity index (χ1n) is 9.98. The van der Waals surface area contributed by atoms with Gasteiger partial charge in [0, 0.05) is 23.5 Å². The maximum absolute atomic E-state index is 13.5. The molecule has 4 rings (SSSR count). The molecule has 28 heavy (non-hydrogen) atoms. The number of nitrogens with one attached hydrogen (secondary N) is 1. The van der Waals surface area contributed by atoms with E-state index >= 15 is 0 Å². The van der Waals surface area contributed by atoms with Gasteiger partial charge in [-0.15, -0.1) is 11.3 Å². The number of ether oxygens (including phenoxy) is 1. The van der Waals surface area contributed by atoms with E-state index in [1.54, 1.807) is 23.5 Å². The maximum Gasteiger partial charge on any atom is 0.257 e. The fraction of sp³-hybridized carbons (Fsp3) is 0.455. The van der Waals surface area contributed by atoms with Crippen molar-refractivity contribution in [2.45, 2.75) is 51.7 Å². The summed E-state index contributed by atoms with van der Waals surface area (Å²) in [5.41, 5.74) is 2.43. The van der Waals surface area contributed by atoms with E-state index in [2.05, 4.69) is 5.32 Å². The number of hydrogen-bond acceptors (Lipinski definition) is 4. The molecule has 0 saturated carbocycles. The van der Waals surface area contributed by atoms with Crippen molar-refractivity contribution in [2.75, 3.05) is 18.4 Å². The van der Waals surface area contributed by atoms with E-state index in [4.69, 9.17) is 4.74 Å². The topological polar surface area (TPSA) is 58.6 Å². The zero-order chi connectivity index (χ0) is 19.7. The molecule has 148 valence electrons. The Morgan fingerprint density at radius 1 is 1.07 bits per heavy atom. The Morgan fingerprint density at radius 3 is 2.46 bits per heavy atom. The van der Waals surface area contributed by atoms with Crippen molar-refractivity contribution in [3.8, 4) is 0 Å². The fourth-order valence-electron chi connectivity index (χ4n) is 4.15. The molecule has 1 aromatic heterocycles. The van der Waals surface area contributed by atoms with Gasteiger partial charge in [0.25, 0.3) is 11.8 Å². The van der Waals surface area contributed by atoms with Crippen LogP contribution in [0.25, 0.3) is 0 Å². The molecule has 0 spiro atoms. The third kappa shape index (κ3) is 3.84. The van der Waals surface area contributed by atoms with Gasteiger partial charge in [-0.2, -0.15) is 0 Å².